The van der Waals surface area contributed by atoms with Gasteiger partial charge in [0.2, 0.25) is 0 Å². The van der Waals surface area contributed by atoms with Crippen LogP contribution in [0.5, 0.6) is 0 Å². The zero-order valence-electron chi connectivity index (χ0n) is 16.3. The van der Waals surface area contributed by atoms with Gasteiger partial charge < -0.3 is 0 Å². The third kappa shape index (κ3) is 2.29. The fourth-order valence-corrected chi connectivity index (χ4v) is 5.31. The molecule has 0 unspecified atom stereocenters. The molecule has 1 aliphatic rings. The topological polar surface area (TPSA) is 25.8 Å². The number of aromatic nitrogens is 2. The summed E-state index contributed by atoms with van der Waals surface area (Å²) in [7, 11) is 0. The van der Waals surface area contributed by atoms with Crippen molar-refractivity contribution in [3.63, 3.8) is 0 Å². The predicted octanol–water partition coefficient (Wildman–Crippen LogP) is 7.21. The molecule has 136 valence electrons. The number of hydrogen-bond donors (Lipinski definition) is 0. The smallest absolute Gasteiger partial charge is 0.111 e. The average molecular weight is 381 g/mol. The quantitative estimate of drug-likeness (QED) is 0.303. The van der Waals surface area contributed by atoms with E-state index in [0.717, 1.165) is 33.1 Å². The van der Waals surface area contributed by atoms with Crippen LogP contribution in [0.25, 0.3) is 44.5 Å². The van der Waals surface area contributed by atoms with Crippen LogP contribution in [0.3, 0.4) is 0 Å². The van der Waals surface area contributed by atoms with Gasteiger partial charge in [-0.15, -0.1) is 0 Å². The zero-order valence-corrected chi connectivity index (χ0v) is 17.1. The van der Waals surface area contributed by atoms with E-state index in [4.69, 9.17) is 9.97 Å². The van der Waals surface area contributed by atoms with E-state index in [0.29, 0.717) is 0 Å². The number of hydrogen-bond acceptors (Lipinski definition) is 3. The molecule has 0 saturated heterocycles. The van der Waals surface area contributed by atoms with Gasteiger partial charge in [-0.2, -0.15) is 0 Å². The second-order valence-electron chi connectivity index (χ2n) is 7.44. The fraction of sp³-hybridized carbons (Fsp3) is 0.120. The number of aryl methyl sites for hydroxylation is 2. The maximum absolute atomic E-state index is 4.94. The number of pyridine rings is 2. The van der Waals surface area contributed by atoms with Crippen molar-refractivity contribution in [2.24, 2.45) is 0 Å². The first-order valence-corrected chi connectivity index (χ1v) is 10.1. The fourth-order valence-electron chi connectivity index (χ4n) is 4.21. The standard InChI is InChI=1S/C25H20N2S/c1-6-16-14(4)7-8-17-18-9-10-26-24-20-11-15(5)23(13(2)3)27-25(20)28-21(22(18)24)12-19(16)17/h6-12H,1-2H2,3-5H3. The summed E-state index contributed by atoms with van der Waals surface area (Å²) >= 11 is 1.73. The summed E-state index contributed by atoms with van der Waals surface area (Å²) in [5.74, 6) is 0. The Morgan fingerprint density at radius 3 is 2.61 bits per heavy atom. The lowest BCUT2D eigenvalue weighted by Gasteiger charge is -2.22. The van der Waals surface area contributed by atoms with Crippen molar-refractivity contribution in [2.75, 3.05) is 0 Å². The SMILES string of the molecule is C=Cc1c(C)ccc2c1cc1c3c(nccc32)-c2cc(C)c(C(=C)C)nc2S1. The Morgan fingerprint density at radius 2 is 1.86 bits per heavy atom. The summed E-state index contributed by atoms with van der Waals surface area (Å²) in [5.41, 5.74) is 7.67. The summed E-state index contributed by atoms with van der Waals surface area (Å²) in [4.78, 5) is 10.9. The lowest BCUT2D eigenvalue weighted by atomic mass is 9.93. The summed E-state index contributed by atoms with van der Waals surface area (Å²) in [6.07, 6.45) is 3.87. The Morgan fingerprint density at radius 1 is 1.04 bits per heavy atom. The van der Waals surface area contributed by atoms with Gasteiger partial charge in [-0.25, -0.2) is 4.98 Å². The molecule has 2 aromatic carbocycles. The molecule has 0 fully saturated rings. The molecule has 0 atom stereocenters. The number of rotatable bonds is 2. The lowest BCUT2D eigenvalue weighted by Crippen LogP contribution is -2.02. The molecule has 28 heavy (non-hydrogen) atoms. The first-order chi connectivity index (χ1) is 13.5. The molecule has 3 heterocycles. The van der Waals surface area contributed by atoms with Crippen LogP contribution in [0.2, 0.25) is 0 Å². The molecule has 3 heteroatoms. The molecule has 5 rings (SSSR count). The first kappa shape index (κ1) is 17.2. The number of benzene rings is 2. The molecule has 0 saturated carbocycles. The van der Waals surface area contributed by atoms with Gasteiger partial charge >= 0.3 is 0 Å². The third-order valence-corrected chi connectivity index (χ3v) is 6.56. The first-order valence-electron chi connectivity index (χ1n) is 9.33. The normalized spacial score (nSPS) is 12.2. The molecule has 2 nitrogen and oxygen atoms in total. The van der Waals surface area contributed by atoms with Gasteiger partial charge in [0.1, 0.15) is 5.03 Å². The van der Waals surface area contributed by atoms with Crippen LogP contribution < -0.4 is 0 Å². The van der Waals surface area contributed by atoms with Gasteiger partial charge in [0.25, 0.3) is 0 Å². The minimum Gasteiger partial charge on any atom is -0.255 e. The van der Waals surface area contributed by atoms with Crippen molar-refractivity contribution in [1.82, 2.24) is 9.97 Å². The minimum absolute atomic E-state index is 0.977. The molecule has 0 aliphatic carbocycles. The predicted molar refractivity (Wildman–Crippen MR) is 121 cm³/mol. The largest absolute Gasteiger partial charge is 0.255 e. The van der Waals surface area contributed by atoms with Crippen LogP contribution in [-0.4, -0.2) is 9.97 Å². The molecule has 0 spiro atoms. The van der Waals surface area contributed by atoms with Gasteiger partial charge in [-0.05, 0) is 77.4 Å². The number of nitrogens with zero attached hydrogens (tertiary/aromatic N) is 2. The van der Waals surface area contributed by atoms with Crippen molar-refractivity contribution in [3.05, 3.63) is 72.1 Å². The van der Waals surface area contributed by atoms with Gasteiger partial charge in [-0.3, -0.25) is 4.98 Å². The molecular formula is C25H20N2S. The number of allylic oxidation sites excluding steroid dienone is 1. The Balaban J connectivity index is 1.93. The van der Waals surface area contributed by atoms with Crippen molar-refractivity contribution < 1.29 is 0 Å². The monoisotopic (exact) mass is 380 g/mol. The minimum atomic E-state index is 0.977. The van der Waals surface area contributed by atoms with Crippen molar-refractivity contribution >= 4 is 45.0 Å². The molecule has 0 radical (unpaired) electrons. The molecular weight excluding hydrogens is 360 g/mol. The Hall–Kier alpha value is -2.91. The van der Waals surface area contributed by atoms with Crippen molar-refractivity contribution in [1.29, 1.82) is 0 Å². The molecule has 1 aliphatic heterocycles. The van der Waals surface area contributed by atoms with E-state index in [1.807, 2.05) is 19.2 Å². The van der Waals surface area contributed by atoms with E-state index < -0.39 is 0 Å². The van der Waals surface area contributed by atoms with Gasteiger partial charge in [0, 0.05) is 22.0 Å². The van der Waals surface area contributed by atoms with E-state index in [-0.39, 0.29) is 0 Å². The summed E-state index contributed by atoms with van der Waals surface area (Å²) in [6, 6.07) is 11.0. The summed E-state index contributed by atoms with van der Waals surface area (Å²) in [5, 5.41) is 5.94. The highest BCUT2D eigenvalue weighted by Crippen LogP contribution is 2.49. The Kier molecular flexibility index (Phi) is 3.72. The number of fused-ring (bicyclic) bond motifs is 4. The van der Waals surface area contributed by atoms with Crippen molar-refractivity contribution in [3.8, 4) is 11.3 Å². The van der Waals surface area contributed by atoms with Crippen LogP contribution in [0.15, 0.2) is 59.6 Å². The zero-order chi connectivity index (χ0) is 19.6. The highest BCUT2D eigenvalue weighted by atomic mass is 32.2. The van der Waals surface area contributed by atoms with Crippen molar-refractivity contribution in [2.45, 2.75) is 30.7 Å². The lowest BCUT2D eigenvalue weighted by molar-refractivity contribution is 1.07. The molecule has 4 aromatic rings. The molecule has 0 amide bonds. The van der Waals surface area contributed by atoms with Crippen LogP contribution in [0.4, 0.5) is 0 Å². The van der Waals surface area contributed by atoms with Crippen LogP contribution in [-0.2, 0) is 0 Å². The maximum atomic E-state index is 4.94. The van der Waals surface area contributed by atoms with Gasteiger partial charge in [-0.1, -0.05) is 43.1 Å². The Bertz CT molecular complexity index is 1350. The maximum Gasteiger partial charge on any atom is 0.111 e. The van der Waals surface area contributed by atoms with E-state index in [9.17, 15) is 0 Å². The van der Waals surface area contributed by atoms with E-state index in [1.54, 1.807) is 11.8 Å². The summed E-state index contributed by atoms with van der Waals surface area (Å²) in [6.45, 7) is 14.4. The molecule has 2 aromatic heterocycles. The van der Waals surface area contributed by atoms with Crippen LogP contribution in [0.1, 0.15) is 29.3 Å². The molecule has 0 N–H and O–H groups in total. The summed E-state index contributed by atoms with van der Waals surface area (Å²) < 4.78 is 0. The highest BCUT2D eigenvalue weighted by molar-refractivity contribution is 7.99. The Labute approximate surface area is 169 Å². The van der Waals surface area contributed by atoms with Gasteiger partial charge in [0.05, 0.1) is 11.4 Å². The second-order valence-corrected chi connectivity index (χ2v) is 8.47. The van der Waals surface area contributed by atoms with E-state index >= 15 is 0 Å². The highest BCUT2D eigenvalue weighted by Gasteiger charge is 2.24. The second kappa shape index (κ2) is 6.05. The third-order valence-electron chi connectivity index (χ3n) is 5.52. The van der Waals surface area contributed by atoms with E-state index in [1.165, 1.54) is 37.6 Å². The van der Waals surface area contributed by atoms with Crippen LogP contribution in [0, 0.1) is 13.8 Å². The molecule has 0 bridgehead atoms. The average Bonchev–Trinajstić information content (AvgIpc) is 2.68. The van der Waals surface area contributed by atoms with Gasteiger partial charge in [0.15, 0.2) is 0 Å². The van der Waals surface area contributed by atoms with E-state index in [2.05, 4.69) is 57.3 Å². The van der Waals surface area contributed by atoms with Crippen LogP contribution >= 0.6 is 11.8 Å².